The largest absolute Gasteiger partial charge is 0.481 e. The molecule has 0 heterocycles. The lowest BCUT2D eigenvalue weighted by Crippen LogP contribution is -2.40. The van der Waals surface area contributed by atoms with E-state index in [4.69, 9.17) is 5.11 Å². The van der Waals surface area contributed by atoms with Gasteiger partial charge in [-0.15, -0.1) is 0 Å². The van der Waals surface area contributed by atoms with Crippen molar-refractivity contribution in [3.8, 4) is 0 Å². The molecule has 0 spiro atoms. The molecule has 0 radical (unpaired) electrons. The highest BCUT2D eigenvalue weighted by Crippen LogP contribution is 2.09. The quantitative estimate of drug-likeness (QED) is 0.668. The maximum absolute atomic E-state index is 11.3. The summed E-state index contributed by atoms with van der Waals surface area (Å²) in [5.74, 6) is -1.26. The SMILES string of the molecule is CC(CCNC(=O)NCC(C)(C)C)C(=O)O. The van der Waals surface area contributed by atoms with Gasteiger partial charge in [0.05, 0.1) is 5.92 Å². The third-order valence-corrected chi connectivity index (χ3v) is 2.06. The highest BCUT2D eigenvalue weighted by atomic mass is 16.4. The number of aliphatic carboxylic acids is 1. The van der Waals surface area contributed by atoms with Gasteiger partial charge in [-0.3, -0.25) is 4.79 Å². The first-order chi connectivity index (χ1) is 7.22. The third-order valence-electron chi connectivity index (χ3n) is 2.06. The summed E-state index contributed by atoms with van der Waals surface area (Å²) in [6.07, 6.45) is 0.443. The number of nitrogens with one attached hydrogen (secondary N) is 2. The predicted molar refractivity (Wildman–Crippen MR) is 62.3 cm³/mol. The van der Waals surface area contributed by atoms with E-state index in [1.165, 1.54) is 0 Å². The van der Waals surface area contributed by atoms with Crippen LogP contribution in [0.3, 0.4) is 0 Å². The molecular formula is C11H22N2O3. The van der Waals surface area contributed by atoms with E-state index in [1.807, 2.05) is 20.8 Å². The number of carboxylic acids is 1. The first-order valence-corrected chi connectivity index (χ1v) is 5.47. The van der Waals surface area contributed by atoms with E-state index in [-0.39, 0.29) is 11.4 Å². The normalized spacial score (nSPS) is 13.0. The van der Waals surface area contributed by atoms with Crippen molar-refractivity contribution in [1.29, 1.82) is 0 Å². The molecule has 16 heavy (non-hydrogen) atoms. The molecule has 0 aromatic rings. The smallest absolute Gasteiger partial charge is 0.314 e. The maximum Gasteiger partial charge on any atom is 0.314 e. The number of carbonyl (C=O) groups excluding carboxylic acids is 1. The molecule has 0 aliphatic heterocycles. The van der Waals surface area contributed by atoms with Crippen LogP contribution in [0.1, 0.15) is 34.1 Å². The van der Waals surface area contributed by atoms with Crippen molar-refractivity contribution in [2.45, 2.75) is 34.1 Å². The lowest BCUT2D eigenvalue weighted by atomic mass is 9.97. The van der Waals surface area contributed by atoms with Gasteiger partial charge in [0, 0.05) is 13.1 Å². The summed E-state index contributed by atoms with van der Waals surface area (Å²) in [5.41, 5.74) is 0.0473. The molecule has 0 aliphatic carbocycles. The minimum absolute atomic E-state index is 0.0473. The second kappa shape index (κ2) is 6.35. The molecule has 1 unspecified atom stereocenters. The zero-order chi connectivity index (χ0) is 12.8. The van der Waals surface area contributed by atoms with E-state index in [1.54, 1.807) is 6.92 Å². The zero-order valence-corrected chi connectivity index (χ0v) is 10.5. The lowest BCUT2D eigenvalue weighted by Gasteiger charge is -2.19. The Balaban J connectivity index is 3.63. The summed E-state index contributed by atoms with van der Waals surface area (Å²) >= 11 is 0. The van der Waals surface area contributed by atoms with Crippen molar-refractivity contribution < 1.29 is 14.7 Å². The fourth-order valence-electron chi connectivity index (χ4n) is 0.934. The number of hydrogen-bond acceptors (Lipinski definition) is 2. The van der Waals surface area contributed by atoms with Gasteiger partial charge < -0.3 is 15.7 Å². The van der Waals surface area contributed by atoms with Crippen molar-refractivity contribution in [3.63, 3.8) is 0 Å². The fraction of sp³-hybridized carbons (Fsp3) is 0.818. The van der Waals surface area contributed by atoms with Crippen LogP contribution >= 0.6 is 0 Å². The number of urea groups is 1. The highest BCUT2D eigenvalue weighted by molar-refractivity contribution is 5.74. The molecule has 0 rings (SSSR count). The molecule has 0 aromatic heterocycles. The lowest BCUT2D eigenvalue weighted by molar-refractivity contribution is -0.141. The van der Waals surface area contributed by atoms with Crippen LogP contribution in [0.4, 0.5) is 4.79 Å². The van der Waals surface area contributed by atoms with Gasteiger partial charge in [0.15, 0.2) is 0 Å². The van der Waals surface area contributed by atoms with Gasteiger partial charge >= 0.3 is 12.0 Å². The number of rotatable bonds is 5. The van der Waals surface area contributed by atoms with E-state index in [0.717, 1.165) is 0 Å². The van der Waals surface area contributed by atoms with E-state index in [0.29, 0.717) is 19.5 Å². The van der Waals surface area contributed by atoms with E-state index in [2.05, 4.69) is 10.6 Å². The molecule has 0 aliphatic rings. The van der Waals surface area contributed by atoms with Gasteiger partial charge in [0.1, 0.15) is 0 Å². The van der Waals surface area contributed by atoms with Crippen LogP contribution in [0.5, 0.6) is 0 Å². The zero-order valence-electron chi connectivity index (χ0n) is 10.5. The average molecular weight is 230 g/mol. The second-order valence-electron chi connectivity index (χ2n) is 5.20. The Morgan fingerprint density at radius 2 is 1.81 bits per heavy atom. The molecule has 94 valence electrons. The topological polar surface area (TPSA) is 78.4 Å². The molecule has 0 aromatic carbocycles. The Kier molecular flexibility index (Phi) is 5.85. The van der Waals surface area contributed by atoms with Crippen LogP contribution in [-0.4, -0.2) is 30.2 Å². The maximum atomic E-state index is 11.3. The first-order valence-electron chi connectivity index (χ1n) is 5.47. The number of amides is 2. The van der Waals surface area contributed by atoms with E-state index >= 15 is 0 Å². The Hall–Kier alpha value is -1.26. The predicted octanol–water partition coefficient (Wildman–Crippen LogP) is 1.44. The second-order valence-corrected chi connectivity index (χ2v) is 5.20. The summed E-state index contributed by atoms with van der Waals surface area (Å²) in [7, 11) is 0. The van der Waals surface area contributed by atoms with E-state index < -0.39 is 11.9 Å². The Bertz CT molecular complexity index is 246. The molecule has 5 heteroatoms. The van der Waals surface area contributed by atoms with Crippen LogP contribution in [0.15, 0.2) is 0 Å². The Labute approximate surface area is 96.6 Å². The van der Waals surface area contributed by atoms with Crippen molar-refractivity contribution >= 4 is 12.0 Å². The molecule has 0 bridgehead atoms. The van der Waals surface area contributed by atoms with Crippen molar-refractivity contribution in [2.75, 3.05) is 13.1 Å². The summed E-state index contributed by atoms with van der Waals surface area (Å²) in [6.45, 7) is 8.67. The number of carboxylic acid groups (broad SMARTS) is 1. The summed E-state index contributed by atoms with van der Waals surface area (Å²) in [5, 5.41) is 14.0. The first kappa shape index (κ1) is 14.7. The fourth-order valence-corrected chi connectivity index (χ4v) is 0.934. The van der Waals surface area contributed by atoms with Crippen molar-refractivity contribution in [3.05, 3.63) is 0 Å². The van der Waals surface area contributed by atoms with Crippen LogP contribution in [0.25, 0.3) is 0 Å². The summed E-state index contributed by atoms with van der Waals surface area (Å²) in [6, 6.07) is -0.243. The molecule has 0 saturated carbocycles. The molecule has 1 atom stereocenters. The van der Waals surface area contributed by atoms with Gasteiger partial charge in [0.2, 0.25) is 0 Å². The molecule has 0 fully saturated rings. The molecule has 0 saturated heterocycles. The molecular weight excluding hydrogens is 208 g/mol. The number of hydrogen-bond donors (Lipinski definition) is 3. The van der Waals surface area contributed by atoms with Crippen LogP contribution in [-0.2, 0) is 4.79 Å². The summed E-state index contributed by atoms with van der Waals surface area (Å²) in [4.78, 5) is 21.8. The van der Waals surface area contributed by atoms with E-state index in [9.17, 15) is 9.59 Å². The standard InChI is InChI=1S/C11H22N2O3/c1-8(9(14)15)5-6-12-10(16)13-7-11(2,3)4/h8H,5-7H2,1-4H3,(H,14,15)(H2,12,13,16). The Morgan fingerprint density at radius 1 is 1.25 bits per heavy atom. The van der Waals surface area contributed by atoms with Crippen molar-refractivity contribution in [2.24, 2.45) is 11.3 Å². The third kappa shape index (κ3) is 8.08. The van der Waals surface area contributed by atoms with Crippen LogP contribution < -0.4 is 10.6 Å². The molecule has 5 nitrogen and oxygen atoms in total. The van der Waals surface area contributed by atoms with Crippen molar-refractivity contribution in [1.82, 2.24) is 10.6 Å². The monoisotopic (exact) mass is 230 g/mol. The van der Waals surface area contributed by atoms with Gasteiger partial charge in [0.25, 0.3) is 0 Å². The molecule has 2 amide bonds. The van der Waals surface area contributed by atoms with Gasteiger partial charge in [-0.2, -0.15) is 0 Å². The van der Waals surface area contributed by atoms with Crippen LogP contribution in [0.2, 0.25) is 0 Å². The summed E-state index contributed by atoms with van der Waals surface area (Å²) < 4.78 is 0. The van der Waals surface area contributed by atoms with Gasteiger partial charge in [-0.25, -0.2) is 4.79 Å². The van der Waals surface area contributed by atoms with Gasteiger partial charge in [-0.05, 0) is 11.8 Å². The highest BCUT2D eigenvalue weighted by Gasteiger charge is 2.13. The Morgan fingerprint density at radius 3 is 2.25 bits per heavy atom. The van der Waals surface area contributed by atoms with Crippen LogP contribution in [0, 0.1) is 11.3 Å². The average Bonchev–Trinajstić information content (AvgIpc) is 2.13. The molecule has 3 N–H and O–H groups in total. The minimum atomic E-state index is -0.836. The number of carbonyl (C=O) groups is 2. The minimum Gasteiger partial charge on any atom is -0.481 e. The van der Waals surface area contributed by atoms with Gasteiger partial charge in [-0.1, -0.05) is 27.7 Å².